The molecule has 580 valence electrons. The van der Waals surface area contributed by atoms with Gasteiger partial charge in [-0.25, -0.2) is 29.9 Å². The fourth-order valence-corrected chi connectivity index (χ4v) is 22.8. The van der Waals surface area contributed by atoms with Crippen LogP contribution < -0.4 is 5.46 Å². The van der Waals surface area contributed by atoms with Crippen LogP contribution in [-0.4, -0.2) is 47.1 Å². The van der Waals surface area contributed by atoms with E-state index >= 15 is 0 Å². The molecule has 0 saturated heterocycles. The van der Waals surface area contributed by atoms with Crippen molar-refractivity contribution in [2.45, 2.75) is 98.7 Å². The molecule has 14 aromatic carbocycles. The summed E-state index contributed by atoms with van der Waals surface area (Å²) in [5, 5.41) is 39.6. The van der Waals surface area contributed by atoms with Crippen LogP contribution >= 0.6 is 15.9 Å². The largest absolute Gasteiger partial charge is 0.488 e. The lowest BCUT2D eigenvalue weighted by molar-refractivity contribution is -0.0282. The Hall–Kier alpha value is -12.9. The Morgan fingerprint density at radius 1 is 0.267 bits per heavy atom. The van der Waals surface area contributed by atoms with Crippen molar-refractivity contribution in [3.8, 4) is 114 Å². The van der Waals surface area contributed by atoms with Gasteiger partial charge in [-0.2, -0.15) is 10.5 Å². The number of nitriles is 2. The Morgan fingerprint density at radius 3 is 0.817 bits per heavy atom. The molecule has 8 saturated carbocycles. The van der Waals surface area contributed by atoms with Gasteiger partial charge in [-0.3, -0.25) is 0 Å². The van der Waals surface area contributed by atoms with Gasteiger partial charge in [0.1, 0.15) is 0 Å². The molecule has 2 N–H and O–H groups in total. The van der Waals surface area contributed by atoms with Crippen LogP contribution in [0.5, 0.6) is 0 Å². The van der Waals surface area contributed by atoms with Gasteiger partial charge in [0, 0.05) is 37.9 Å². The van der Waals surface area contributed by atoms with Crippen molar-refractivity contribution in [3.05, 3.63) is 378 Å². The predicted octanol–water partition coefficient (Wildman–Crippen LogP) is 24.5. The van der Waals surface area contributed by atoms with E-state index in [1.807, 2.05) is 91.0 Å². The minimum absolute atomic E-state index is 0.214. The SMILES string of the molecule is Brc1ccc(C23CC4CC(C2)CC(c2ccc(-c5ccc(-c6nc(-c7ccccc7)nc(-c7ccccc7)n6)c6ccccc56)cc2)(C4)C3)cc1.N#Cc1ccc(-c2ccc(C34CC5CC(C3)CC(c3ccc(-c6ccc(-c7nc(-c8ccccc8)nc(-c8ccccc8)n7)c7ccccc67)cc3)(C5)C4)cc2)cc1.N#Cc1ccc(B(O)O)cc1. The molecule has 8 fully saturated rings. The Morgan fingerprint density at radius 2 is 0.517 bits per heavy atom. The minimum Gasteiger partial charge on any atom is -0.423 e. The van der Waals surface area contributed by atoms with Gasteiger partial charge < -0.3 is 10.0 Å². The van der Waals surface area contributed by atoms with E-state index in [0.717, 1.165) is 73.4 Å². The van der Waals surface area contributed by atoms with Gasteiger partial charge in [-0.05, 0) is 254 Å². The van der Waals surface area contributed by atoms with E-state index in [2.05, 4.69) is 253 Å². The van der Waals surface area contributed by atoms with Crippen molar-refractivity contribution in [1.82, 2.24) is 29.9 Å². The minimum atomic E-state index is -1.46. The van der Waals surface area contributed by atoms with Crippen LogP contribution in [0, 0.1) is 46.3 Å². The van der Waals surface area contributed by atoms with E-state index in [1.54, 1.807) is 5.56 Å². The molecule has 0 aliphatic heterocycles. The molecule has 24 rings (SSSR count). The van der Waals surface area contributed by atoms with Gasteiger partial charge in [0.15, 0.2) is 34.9 Å². The molecule has 12 heteroatoms. The summed E-state index contributed by atoms with van der Waals surface area (Å²) in [5.74, 6) is 7.24. The molecule has 8 aliphatic rings. The summed E-state index contributed by atoms with van der Waals surface area (Å²) in [6.45, 7) is 0. The maximum absolute atomic E-state index is 9.25. The number of benzene rings is 14. The lowest BCUT2D eigenvalue weighted by Crippen LogP contribution is -2.55. The molecule has 4 unspecified atom stereocenters. The third-order valence-electron chi connectivity index (χ3n) is 27.1. The van der Waals surface area contributed by atoms with Crippen molar-refractivity contribution in [2.24, 2.45) is 23.7 Å². The number of hydrogen-bond acceptors (Lipinski definition) is 10. The van der Waals surface area contributed by atoms with Crippen LogP contribution in [-0.2, 0) is 21.7 Å². The first-order chi connectivity index (χ1) is 58.8. The number of halogens is 1. The van der Waals surface area contributed by atoms with Gasteiger partial charge >= 0.3 is 7.12 Å². The number of hydrogen-bond donors (Lipinski definition) is 2. The Balaban J connectivity index is 0.000000137. The summed E-state index contributed by atoms with van der Waals surface area (Å²) < 4.78 is 1.17. The standard InChI is InChI=1S/C54H42N4.C47H38BrN3.C7H6BNO2/c55-34-36-15-17-39(18-16-36)40-19-23-44(24-20-40)53-30-37-29-38(31-53)33-54(32-37,35-53)45-25-21-41(22-26-45)46-27-28-49(48-14-8-7-13-47(46)48)52-57-50(42-9-3-1-4-10-42)56-51(58-52)43-11-5-2-6-12-43;48-38-21-19-37(20-22-38)47-28-31-25-32(29-47)27-46(26-31,30-47)36-17-15-33(16-18-36)39-23-24-42(41-14-8-7-13-40(39)41)45-50-43(34-9-3-1-4-10-34)49-44(51-45)35-11-5-2-6-12-35;9-5-6-1-3-7(4-2-6)8(10)11/h1-28,37-38H,29-33,35H2;1-24,31-32H,25-30H2;1-4,10-11H. The summed E-state index contributed by atoms with van der Waals surface area (Å²) in [4.78, 5) is 30.1. The molecule has 8 aliphatic carbocycles. The van der Waals surface area contributed by atoms with Crippen molar-refractivity contribution in [2.75, 3.05) is 0 Å². The normalized spacial score (nSPS) is 21.3. The van der Waals surface area contributed by atoms with E-state index < -0.39 is 7.12 Å². The molecular formula is C108H86BBrN8O2. The van der Waals surface area contributed by atoms with Crippen LogP contribution in [0.15, 0.2) is 344 Å². The fraction of sp³-hybridized carbons (Fsp3) is 0.185. The molecule has 0 radical (unpaired) electrons. The van der Waals surface area contributed by atoms with E-state index in [4.69, 9.17) is 45.2 Å². The van der Waals surface area contributed by atoms with Crippen LogP contribution in [0.25, 0.3) is 123 Å². The quantitative estimate of drug-likeness (QED) is 0.100. The highest BCUT2D eigenvalue weighted by Crippen LogP contribution is 2.68. The van der Waals surface area contributed by atoms with E-state index in [1.165, 1.54) is 161 Å². The second-order valence-corrected chi connectivity index (χ2v) is 35.5. The Kier molecular flexibility index (Phi) is 20.0. The summed E-state index contributed by atoms with van der Waals surface area (Å²) in [7, 11) is -1.46. The zero-order valence-corrected chi connectivity index (χ0v) is 68.1. The third-order valence-corrected chi connectivity index (χ3v) is 27.6. The van der Waals surface area contributed by atoms with Crippen molar-refractivity contribution >= 4 is 50.1 Å². The summed E-state index contributed by atoms with van der Waals surface area (Å²) >= 11 is 3.67. The highest BCUT2D eigenvalue weighted by Gasteiger charge is 2.60. The van der Waals surface area contributed by atoms with Gasteiger partial charge in [0.05, 0.1) is 23.3 Å². The summed E-state index contributed by atoms with van der Waals surface area (Å²) in [6, 6.07) is 123. The molecule has 2 aromatic heterocycles. The maximum atomic E-state index is 9.25. The molecule has 2 heterocycles. The van der Waals surface area contributed by atoms with Crippen LogP contribution in [0.4, 0.5) is 0 Å². The zero-order valence-electron chi connectivity index (χ0n) is 66.6. The Labute approximate surface area is 709 Å². The Bertz CT molecular complexity index is 6420. The van der Waals surface area contributed by atoms with Gasteiger partial charge in [0.25, 0.3) is 0 Å². The highest BCUT2D eigenvalue weighted by atomic mass is 79.9. The monoisotopic (exact) mass is 1620 g/mol. The number of aromatic nitrogens is 6. The van der Waals surface area contributed by atoms with Crippen molar-refractivity contribution in [3.63, 3.8) is 0 Å². The number of rotatable bonds is 14. The summed E-state index contributed by atoms with van der Waals surface area (Å²) in [6.07, 6.45) is 15.9. The first kappa shape index (κ1) is 75.8. The first-order valence-corrected chi connectivity index (χ1v) is 42.9. The van der Waals surface area contributed by atoms with Gasteiger partial charge in [-0.1, -0.05) is 307 Å². The molecular weight excluding hydrogens is 1530 g/mol. The van der Waals surface area contributed by atoms with Gasteiger partial charge in [-0.15, -0.1) is 0 Å². The molecule has 120 heavy (non-hydrogen) atoms. The van der Waals surface area contributed by atoms with Crippen LogP contribution in [0.2, 0.25) is 0 Å². The maximum Gasteiger partial charge on any atom is 0.488 e. The van der Waals surface area contributed by atoms with Crippen LogP contribution in [0.3, 0.4) is 0 Å². The van der Waals surface area contributed by atoms with Crippen LogP contribution in [0.1, 0.15) is 110 Å². The second kappa shape index (κ2) is 31.7. The molecule has 8 bridgehead atoms. The smallest absolute Gasteiger partial charge is 0.423 e. The third kappa shape index (κ3) is 14.6. The molecule has 0 spiro atoms. The summed E-state index contributed by atoms with van der Waals surface area (Å²) in [5.41, 5.74) is 21.9. The molecule has 16 aromatic rings. The molecule has 10 nitrogen and oxygen atoms in total. The lowest BCUT2D eigenvalue weighted by atomic mass is 9.41. The average molecular weight is 1620 g/mol. The van der Waals surface area contributed by atoms with Gasteiger partial charge in [0.2, 0.25) is 0 Å². The highest BCUT2D eigenvalue weighted by molar-refractivity contribution is 9.10. The van der Waals surface area contributed by atoms with E-state index in [0.29, 0.717) is 57.0 Å². The van der Waals surface area contributed by atoms with E-state index in [9.17, 15) is 5.26 Å². The number of fused-ring (bicyclic) bond motifs is 2. The van der Waals surface area contributed by atoms with E-state index in [-0.39, 0.29) is 16.2 Å². The van der Waals surface area contributed by atoms with Crippen molar-refractivity contribution < 1.29 is 10.0 Å². The predicted molar refractivity (Wildman–Crippen MR) is 486 cm³/mol. The topological polar surface area (TPSA) is 165 Å². The second-order valence-electron chi connectivity index (χ2n) is 34.6. The first-order valence-electron chi connectivity index (χ1n) is 42.1. The number of nitrogens with zero attached hydrogens (tertiary/aromatic N) is 8. The average Bonchev–Trinajstić information content (AvgIpc) is 0.676. The zero-order chi connectivity index (χ0) is 80.9. The molecule has 0 amide bonds. The molecule has 4 atom stereocenters. The fourth-order valence-electron chi connectivity index (χ4n) is 22.5. The van der Waals surface area contributed by atoms with Crippen molar-refractivity contribution in [1.29, 1.82) is 10.5 Å². The lowest BCUT2D eigenvalue weighted by Gasteiger charge is -2.63.